The molecule has 0 unspecified atom stereocenters. The number of nitrogens with zero attached hydrogens (tertiary/aromatic N) is 2. The number of hydrogen-bond acceptors (Lipinski definition) is 5. The maximum absolute atomic E-state index is 12.7. The highest BCUT2D eigenvalue weighted by Gasteiger charge is 2.31. The van der Waals surface area contributed by atoms with Gasteiger partial charge in [-0.3, -0.25) is 0 Å². The topological polar surface area (TPSA) is 70.4 Å². The number of hydrogen-bond donors (Lipinski definition) is 0. The molecule has 0 N–H and O–H groups in total. The van der Waals surface area contributed by atoms with Gasteiger partial charge in [0.1, 0.15) is 5.56 Å². The number of rotatable bonds is 6. The molecule has 1 heterocycles. The summed E-state index contributed by atoms with van der Waals surface area (Å²) in [7, 11) is 0. The second kappa shape index (κ2) is 8.31. The Bertz CT molecular complexity index is 934. The van der Waals surface area contributed by atoms with Gasteiger partial charge in [0.15, 0.2) is 5.69 Å². The summed E-state index contributed by atoms with van der Waals surface area (Å²) in [6, 6.07) is 18.6. The smallest absolute Gasteiger partial charge is 0.359 e. The van der Waals surface area contributed by atoms with E-state index in [0.717, 1.165) is 11.3 Å². The Morgan fingerprint density at radius 1 is 0.852 bits per heavy atom. The molecule has 27 heavy (non-hydrogen) atoms. The van der Waals surface area contributed by atoms with E-state index >= 15 is 0 Å². The highest BCUT2D eigenvalue weighted by atomic mass is 16.5. The van der Waals surface area contributed by atoms with Crippen LogP contribution in [0.15, 0.2) is 60.7 Å². The predicted molar refractivity (Wildman–Crippen MR) is 101 cm³/mol. The molecule has 0 atom stereocenters. The monoisotopic (exact) mass is 364 g/mol. The minimum atomic E-state index is -0.660. The number of benzene rings is 2. The van der Waals surface area contributed by atoms with Gasteiger partial charge in [-0.2, -0.15) is 5.10 Å². The van der Waals surface area contributed by atoms with Crippen molar-refractivity contribution in [2.75, 3.05) is 13.2 Å². The van der Waals surface area contributed by atoms with Crippen molar-refractivity contribution in [3.63, 3.8) is 0 Å². The molecular formula is C21H20N2O4. The van der Waals surface area contributed by atoms with Gasteiger partial charge in [0.25, 0.3) is 0 Å². The Hall–Kier alpha value is -3.41. The molecule has 2 aromatic carbocycles. The molecule has 0 radical (unpaired) electrons. The summed E-state index contributed by atoms with van der Waals surface area (Å²) in [5.74, 6) is -1.27. The largest absolute Gasteiger partial charge is 0.462 e. The van der Waals surface area contributed by atoms with Gasteiger partial charge >= 0.3 is 11.9 Å². The van der Waals surface area contributed by atoms with Crippen molar-refractivity contribution in [1.29, 1.82) is 0 Å². The van der Waals surface area contributed by atoms with Gasteiger partial charge in [-0.15, -0.1) is 0 Å². The molecule has 3 aromatic rings. The van der Waals surface area contributed by atoms with E-state index in [-0.39, 0.29) is 24.5 Å². The third-order valence-corrected chi connectivity index (χ3v) is 3.88. The first kappa shape index (κ1) is 18.4. The quantitative estimate of drug-likeness (QED) is 0.621. The Morgan fingerprint density at radius 2 is 1.41 bits per heavy atom. The van der Waals surface area contributed by atoms with Gasteiger partial charge in [-0.1, -0.05) is 48.5 Å². The number of esters is 2. The molecule has 0 saturated heterocycles. The molecule has 0 bridgehead atoms. The SMILES string of the molecule is CCOC(=O)c1nn(-c2ccccc2)c(-c2ccccc2)c1C(=O)OCC. The lowest BCUT2D eigenvalue weighted by Gasteiger charge is -2.09. The van der Waals surface area contributed by atoms with E-state index in [4.69, 9.17) is 9.47 Å². The molecule has 0 aliphatic rings. The molecule has 0 saturated carbocycles. The number of carbonyl (C=O) groups excluding carboxylic acids is 2. The third kappa shape index (κ3) is 3.74. The summed E-state index contributed by atoms with van der Waals surface area (Å²) >= 11 is 0. The van der Waals surface area contributed by atoms with Crippen molar-refractivity contribution in [1.82, 2.24) is 9.78 Å². The van der Waals surface area contributed by atoms with Crippen LogP contribution in [0.3, 0.4) is 0 Å². The van der Waals surface area contributed by atoms with Crippen LogP contribution in [0.25, 0.3) is 16.9 Å². The molecule has 3 rings (SSSR count). The number of carbonyl (C=O) groups is 2. The van der Waals surface area contributed by atoms with Crippen LogP contribution in [-0.4, -0.2) is 34.9 Å². The molecule has 0 fully saturated rings. The van der Waals surface area contributed by atoms with Crippen LogP contribution in [0.2, 0.25) is 0 Å². The zero-order valence-corrected chi connectivity index (χ0v) is 15.2. The standard InChI is InChI=1S/C21H20N2O4/c1-3-26-20(24)17-18(21(25)27-4-2)22-23(16-13-9-6-10-14-16)19(17)15-11-7-5-8-12-15/h5-14H,3-4H2,1-2H3. The van der Waals surface area contributed by atoms with E-state index in [1.165, 1.54) is 0 Å². The van der Waals surface area contributed by atoms with Gasteiger partial charge in [0.05, 0.1) is 24.6 Å². The summed E-state index contributed by atoms with van der Waals surface area (Å²) in [5.41, 5.74) is 2.00. The highest BCUT2D eigenvalue weighted by Crippen LogP contribution is 2.30. The Kier molecular flexibility index (Phi) is 5.66. The van der Waals surface area contributed by atoms with Crippen LogP contribution in [0.1, 0.15) is 34.7 Å². The second-order valence-corrected chi connectivity index (χ2v) is 5.63. The highest BCUT2D eigenvalue weighted by molar-refractivity contribution is 6.06. The van der Waals surface area contributed by atoms with Gasteiger partial charge in [0.2, 0.25) is 0 Å². The van der Waals surface area contributed by atoms with E-state index in [2.05, 4.69) is 5.10 Å². The summed E-state index contributed by atoms with van der Waals surface area (Å²) in [6.45, 7) is 3.78. The van der Waals surface area contributed by atoms with Gasteiger partial charge in [-0.25, -0.2) is 14.3 Å². The average Bonchev–Trinajstić information content (AvgIpc) is 3.10. The lowest BCUT2D eigenvalue weighted by Crippen LogP contribution is -2.13. The fourth-order valence-electron chi connectivity index (χ4n) is 2.78. The van der Waals surface area contributed by atoms with Crippen molar-refractivity contribution in [2.24, 2.45) is 0 Å². The number of para-hydroxylation sites is 1. The van der Waals surface area contributed by atoms with E-state index in [1.54, 1.807) is 18.5 Å². The van der Waals surface area contributed by atoms with Crippen molar-refractivity contribution in [3.8, 4) is 16.9 Å². The summed E-state index contributed by atoms with van der Waals surface area (Å²) in [5, 5.41) is 4.42. The predicted octanol–water partition coefficient (Wildman–Crippen LogP) is 3.89. The van der Waals surface area contributed by atoms with Gasteiger partial charge in [0, 0.05) is 5.56 Å². The maximum Gasteiger partial charge on any atom is 0.359 e. The summed E-state index contributed by atoms with van der Waals surface area (Å²) < 4.78 is 11.9. The van der Waals surface area contributed by atoms with Crippen LogP contribution in [-0.2, 0) is 9.47 Å². The molecule has 138 valence electrons. The zero-order valence-electron chi connectivity index (χ0n) is 15.2. The minimum absolute atomic E-state index is 0.0574. The molecule has 1 aromatic heterocycles. The minimum Gasteiger partial charge on any atom is -0.462 e. The first-order chi connectivity index (χ1) is 13.2. The fraction of sp³-hybridized carbons (Fsp3) is 0.190. The van der Waals surface area contributed by atoms with Crippen molar-refractivity contribution >= 4 is 11.9 Å². The summed E-state index contributed by atoms with van der Waals surface area (Å²) in [4.78, 5) is 25.2. The van der Waals surface area contributed by atoms with Gasteiger partial charge < -0.3 is 9.47 Å². The van der Waals surface area contributed by atoms with Crippen molar-refractivity contribution in [2.45, 2.75) is 13.8 Å². The zero-order chi connectivity index (χ0) is 19.2. The van der Waals surface area contributed by atoms with Crippen LogP contribution in [0, 0.1) is 0 Å². The molecule has 0 aliphatic carbocycles. The molecule has 0 aliphatic heterocycles. The lowest BCUT2D eigenvalue weighted by atomic mass is 10.1. The van der Waals surface area contributed by atoms with E-state index in [0.29, 0.717) is 5.69 Å². The second-order valence-electron chi connectivity index (χ2n) is 5.63. The maximum atomic E-state index is 12.7. The van der Waals surface area contributed by atoms with Crippen molar-refractivity contribution < 1.29 is 19.1 Å². The van der Waals surface area contributed by atoms with Crippen LogP contribution >= 0.6 is 0 Å². The van der Waals surface area contributed by atoms with Crippen molar-refractivity contribution in [3.05, 3.63) is 71.9 Å². The molecular weight excluding hydrogens is 344 g/mol. The summed E-state index contributed by atoms with van der Waals surface area (Å²) in [6.07, 6.45) is 0. The van der Waals surface area contributed by atoms with Crippen LogP contribution in [0.4, 0.5) is 0 Å². The van der Waals surface area contributed by atoms with E-state index in [9.17, 15) is 9.59 Å². The first-order valence-corrected chi connectivity index (χ1v) is 8.75. The van der Waals surface area contributed by atoms with Crippen LogP contribution < -0.4 is 0 Å². The Morgan fingerprint density at radius 3 is 2.00 bits per heavy atom. The molecule has 6 heteroatoms. The molecule has 0 spiro atoms. The van der Waals surface area contributed by atoms with Gasteiger partial charge in [-0.05, 0) is 26.0 Å². The molecule has 0 amide bonds. The van der Waals surface area contributed by atoms with E-state index < -0.39 is 11.9 Å². The van der Waals surface area contributed by atoms with E-state index in [1.807, 2.05) is 60.7 Å². The van der Waals surface area contributed by atoms with Crippen LogP contribution in [0.5, 0.6) is 0 Å². The lowest BCUT2D eigenvalue weighted by molar-refractivity contribution is 0.0476. The average molecular weight is 364 g/mol. The Labute approximate surface area is 157 Å². The Balaban J connectivity index is 2.31. The fourth-order valence-corrected chi connectivity index (χ4v) is 2.78. The number of aromatic nitrogens is 2. The first-order valence-electron chi connectivity index (χ1n) is 8.75. The normalized spacial score (nSPS) is 10.4. The molecule has 6 nitrogen and oxygen atoms in total. The third-order valence-electron chi connectivity index (χ3n) is 3.88. The number of ether oxygens (including phenoxy) is 2.